The van der Waals surface area contributed by atoms with Gasteiger partial charge < -0.3 is 15.5 Å². The lowest BCUT2D eigenvalue weighted by molar-refractivity contribution is -0.139. The lowest BCUT2D eigenvalue weighted by atomic mass is 9.85. The SMILES string of the molecule is Cl.O=C(CC1NCCN(CC2CCC2)C1=O)NC1CC1. The van der Waals surface area contributed by atoms with E-state index in [0.29, 0.717) is 12.0 Å². The Morgan fingerprint density at radius 2 is 2.05 bits per heavy atom. The van der Waals surface area contributed by atoms with Crippen molar-refractivity contribution >= 4 is 24.2 Å². The normalized spacial score (nSPS) is 26.7. The molecule has 2 amide bonds. The first-order valence-corrected chi connectivity index (χ1v) is 7.54. The first-order chi connectivity index (χ1) is 9.22. The lowest BCUT2D eigenvalue weighted by Gasteiger charge is -2.37. The van der Waals surface area contributed by atoms with Crippen molar-refractivity contribution in [3.05, 3.63) is 0 Å². The molecule has 1 aliphatic heterocycles. The second-order valence-electron chi connectivity index (χ2n) is 6.13. The van der Waals surface area contributed by atoms with E-state index in [2.05, 4.69) is 10.6 Å². The first-order valence-electron chi connectivity index (χ1n) is 7.54. The van der Waals surface area contributed by atoms with Gasteiger partial charge in [-0.05, 0) is 31.6 Å². The van der Waals surface area contributed by atoms with Crippen LogP contribution in [-0.2, 0) is 9.59 Å². The number of rotatable bonds is 5. The van der Waals surface area contributed by atoms with Crippen molar-refractivity contribution in [3.63, 3.8) is 0 Å². The molecule has 1 unspecified atom stereocenters. The maximum Gasteiger partial charge on any atom is 0.240 e. The summed E-state index contributed by atoms with van der Waals surface area (Å²) in [5, 5.41) is 6.13. The fourth-order valence-electron chi connectivity index (χ4n) is 2.82. The number of hydrogen-bond acceptors (Lipinski definition) is 3. The van der Waals surface area contributed by atoms with Crippen LogP contribution in [0.3, 0.4) is 0 Å². The van der Waals surface area contributed by atoms with Crippen LogP contribution in [-0.4, -0.2) is 48.4 Å². The molecule has 3 fully saturated rings. The highest BCUT2D eigenvalue weighted by molar-refractivity contribution is 5.89. The van der Waals surface area contributed by atoms with Gasteiger partial charge in [0, 0.05) is 25.7 Å². The van der Waals surface area contributed by atoms with Gasteiger partial charge in [0.1, 0.15) is 0 Å². The molecule has 2 N–H and O–H groups in total. The summed E-state index contributed by atoms with van der Waals surface area (Å²) in [5.74, 6) is 0.825. The summed E-state index contributed by atoms with van der Waals surface area (Å²) in [6.07, 6.45) is 6.28. The molecule has 2 saturated carbocycles. The van der Waals surface area contributed by atoms with Crippen molar-refractivity contribution in [2.75, 3.05) is 19.6 Å². The van der Waals surface area contributed by atoms with Gasteiger partial charge in [0.2, 0.25) is 11.8 Å². The Bertz CT molecular complexity index is 369. The van der Waals surface area contributed by atoms with Gasteiger partial charge in [-0.25, -0.2) is 0 Å². The Hall–Kier alpha value is -0.810. The highest BCUT2D eigenvalue weighted by atomic mass is 35.5. The van der Waals surface area contributed by atoms with Crippen molar-refractivity contribution < 1.29 is 9.59 Å². The Labute approximate surface area is 126 Å². The number of nitrogens with one attached hydrogen (secondary N) is 2. The Balaban J connectivity index is 0.00000147. The molecule has 0 radical (unpaired) electrons. The van der Waals surface area contributed by atoms with Crippen molar-refractivity contribution in [2.24, 2.45) is 5.92 Å². The molecular weight excluding hydrogens is 278 g/mol. The van der Waals surface area contributed by atoms with E-state index < -0.39 is 0 Å². The molecule has 1 saturated heterocycles. The van der Waals surface area contributed by atoms with E-state index in [0.717, 1.165) is 32.5 Å². The second-order valence-corrected chi connectivity index (χ2v) is 6.13. The highest BCUT2D eigenvalue weighted by Gasteiger charge is 2.33. The summed E-state index contributed by atoms with van der Waals surface area (Å²) in [7, 11) is 0. The van der Waals surface area contributed by atoms with E-state index >= 15 is 0 Å². The minimum atomic E-state index is -0.312. The molecule has 3 aliphatic rings. The fourth-order valence-corrected chi connectivity index (χ4v) is 2.82. The number of carbonyl (C=O) groups is 2. The van der Waals surface area contributed by atoms with E-state index in [4.69, 9.17) is 0 Å². The standard InChI is InChI=1S/C14H23N3O2.ClH/c18-13(16-11-4-5-11)8-12-14(19)17(7-6-15-12)9-10-2-1-3-10;/h10-12,15H,1-9H2,(H,16,18);1H. The van der Waals surface area contributed by atoms with E-state index in [1.807, 2.05) is 4.90 Å². The van der Waals surface area contributed by atoms with E-state index in [9.17, 15) is 9.59 Å². The molecule has 0 spiro atoms. The predicted molar refractivity (Wildman–Crippen MR) is 78.7 cm³/mol. The number of carbonyl (C=O) groups excluding carboxylic acids is 2. The van der Waals surface area contributed by atoms with Crippen LogP contribution in [0, 0.1) is 5.92 Å². The molecule has 0 aromatic carbocycles. The van der Waals surface area contributed by atoms with Gasteiger partial charge in [0.25, 0.3) is 0 Å². The van der Waals surface area contributed by atoms with Gasteiger partial charge in [-0.15, -0.1) is 12.4 Å². The van der Waals surface area contributed by atoms with Gasteiger partial charge in [0.05, 0.1) is 12.5 Å². The van der Waals surface area contributed by atoms with Gasteiger partial charge in [0.15, 0.2) is 0 Å². The van der Waals surface area contributed by atoms with Gasteiger partial charge >= 0.3 is 0 Å². The van der Waals surface area contributed by atoms with Crippen molar-refractivity contribution in [1.82, 2.24) is 15.5 Å². The van der Waals surface area contributed by atoms with Gasteiger partial charge in [-0.1, -0.05) is 6.42 Å². The number of hydrogen-bond donors (Lipinski definition) is 2. The number of nitrogens with zero attached hydrogens (tertiary/aromatic N) is 1. The third kappa shape index (κ3) is 3.85. The molecule has 1 atom stereocenters. The van der Waals surface area contributed by atoms with E-state index in [1.165, 1.54) is 19.3 Å². The first kappa shape index (κ1) is 15.6. The van der Waals surface area contributed by atoms with Gasteiger partial charge in [-0.3, -0.25) is 9.59 Å². The third-order valence-electron chi connectivity index (χ3n) is 4.42. The Kier molecular flexibility index (Phi) is 5.27. The number of amides is 2. The molecule has 5 nitrogen and oxygen atoms in total. The molecule has 0 aromatic rings. The molecule has 2 aliphatic carbocycles. The van der Waals surface area contributed by atoms with Crippen LogP contribution in [0.4, 0.5) is 0 Å². The van der Waals surface area contributed by atoms with Crippen molar-refractivity contribution in [1.29, 1.82) is 0 Å². The minimum absolute atomic E-state index is 0. The summed E-state index contributed by atoms with van der Waals surface area (Å²) < 4.78 is 0. The summed E-state index contributed by atoms with van der Waals surface area (Å²) >= 11 is 0. The Morgan fingerprint density at radius 1 is 1.30 bits per heavy atom. The quantitative estimate of drug-likeness (QED) is 0.785. The molecule has 0 bridgehead atoms. The monoisotopic (exact) mass is 301 g/mol. The summed E-state index contributed by atoms with van der Waals surface area (Å²) in [6.45, 7) is 2.48. The van der Waals surface area contributed by atoms with Gasteiger partial charge in [-0.2, -0.15) is 0 Å². The van der Waals surface area contributed by atoms with Crippen LogP contribution in [0.2, 0.25) is 0 Å². The molecule has 0 aromatic heterocycles. The van der Waals surface area contributed by atoms with Crippen LogP contribution in [0.25, 0.3) is 0 Å². The molecule has 6 heteroatoms. The Morgan fingerprint density at radius 3 is 2.65 bits per heavy atom. The molecular formula is C14H24ClN3O2. The van der Waals surface area contributed by atoms with E-state index in [1.54, 1.807) is 0 Å². The number of piperazine rings is 1. The second kappa shape index (κ2) is 6.76. The zero-order valence-electron chi connectivity index (χ0n) is 11.8. The minimum Gasteiger partial charge on any atom is -0.353 e. The van der Waals surface area contributed by atoms with Crippen LogP contribution in [0.5, 0.6) is 0 Å². The van der Waals surface area contributed by atoms with E-state index in [-0.39, 0.29) is 36.7 Å². The molecule has 3 rings (SSSR count). The average molecular weight is 302 g/mol. The van der Waals surface area contributed by atoms with Crippen LogP contribution >= 0.6 is 12.4 Å². The van der Waals surface area contributed by atoms with Crippen LogP contribution in [0.15, 0.2) is 0 Å². The fraction of sp³-hybridized carbons (Fsp3) is 0.857. The maximum absolute atomic E-state index is 12.3. The maximum atomic E-state index is 12.3. The zero-order chi connectivity index (χ0) is 13.2. The van der Waals surface area contributed by atoms with Crippen LogP contribution in [0.1, 0.15) is 38.5 Å². The lowest BCUT2D eigenvalue weighted by Crippen LogP contribution is -2.57. The summed E-state index contributed by atoms with van der Waals surface area (Å²) in [6, 6.07) is 0.0600. The molecule has 114 valence electrons. The van der Waals surface area contributed by atoms with Crippen LogP contribution < -0.4 is 10.6 Å². The van der Waals surface area contributed by atoms with Crippen molar-refractivity contribution in [3.8, 4) is 0 Å². The zero-order valence-corrected chi connectivity index (χ0v) is 12.6. The third-order valence-corrected chi connectivity index (χ3v) is 4.42. The molecule has 1 heterocycles. The topological polar surface area (TPSA) is 61.4 Å². The summed E-state index contributed by atoms with van der Waals surface area (Å²) in [4.78, 5) is 26.1. The molecule has 20 heavy (non-hydrogen) atoms. The average Bonchev–Trinajstić information content (AvgIpc) is 3.11. The highest BCUT2D eigenvalue weighted by Crippen LogP contribution is 2.27. The smallest absolute Gasteiger partial charge is 0.240 e. The van der Waals surface area contributed by atoms with Crippen molar-refractivity contribution in [2.45, 2.75) is 50.6 Å². The largest absolute Gasteiger partial charge is 0.353 e. The summed E-state index contributed by atoms with van der Waals surface area (Å²) in [5.41, 5.74) is 0. The number of halogens is 1. The predicted octanol–water partition coefficient (Wildman–Crippen LogP) is 0.677.